The van der Waals surface area contributed by atoms with Crippen LogP contribution in [0.1, 0.15) is 45.0 Å². The molecule has 0 aliphatic carbocycles. The summed E-state index contributed by atoms with van der Waals surface area (Å²) in [6, 6.07) is 8.86. The van der Waals surface area contributed by atoms with E-state index in [9.17, 15) is 13.2 Å². The molecule has 1 amide bonds. The lowest BCUT2D eigenvalue weighted by molar-refractivity contribution is -0.121. The number of amides is 1. The molecule has 3 aromatic rings. The summed E-state index contributed by atoms with van der Waals surface area (Å²) in [4.78, 5) is 21.3. The van der Waals surface area contributed by atoms with Crippen LogP contribution in [0.15, 0.2) is 47.6 Å². The number of sulfonamides is 1. The van der Waals surface area contributed by atoms with E-state index in [-0.39, 0.29) is 10.8 Å². The molecule has 0 saturated heterocycles. The van der Waals surface area contributed by atoms with E-state index in [1.165, 1.54) is 4.31 Å². The largest absolute Gasteiger partial charge is 0.352 e. The molecule has 8 nitrogen and oxygen atoms in total. The van der Waals surface area contributed by atoms with Crippen LogP contribution in [0, 0.1) is 0 Å². The molecule has 3 rings (SSSR count). The molecular formula is C23H31N5O3S. The van der Waals surface area contributed by atoms with Gasteiger partial charge in [-0.1, -0.05) is 26.8 Å². The highest BCUT2D eigenvalue weighted by molar-refractivity contribution is 7.89. The molecule has 1 aromatic carbocycles. The van der Waals surface area contributed by atoms with Crippen molar-refractivity contribution in [3.63, 3.8) is 0 Å². The molecule has 0 aliphatic heterocycles. The summed E-state index contributed by atoms with van der Waals surface area (Å²) < 4.78 is 29.3. The molecule has 0 spiro atoms. The van der Waals surface area contributed by atoms with Crippen LogP contribution >= 0.6 is 0 Å². The average Bonchev–Trinajstić information content (AvgIpc) is 3.14. The van der Waals surface area contributed by atoms with Gasteiger partial charge in [-0.05, 0) is 36.2 Å². The predicted molar refractivity (Wildman–Crippen MR) is 125 cm³/mol. The number of benzene rings is 1. The maximum atomic E-state index is 12.9. The van der Waals surface area contributed by atoms with Crippen LogP contribution in [0.2, 0.25) is 0 Å². The van der Waals surface area contributed by atoms with Crippen molar-refractivity contribution < 1.29 is 13.2 Å². The molecule has 0 bridgehead atoms. The van der Waals surface area contributed by atoms with Crippen LogP contribution in [0.5, 0.6) is 0 Å². The number of aromatic nitrogens is 3. The second kappa shape index (κ2) is 10.7. The van der Waals surface area contributed by atoms with Crippen LogP contribution in [-0.4, -0.2) is 46.3 Å². The lowest BCUT2D eigenvalue weighted by Gasteiger charge is -2.18. The second-order valence-corrected chi connectivity index (χ2v) is 9.50. The maximum Gasteiger partial charge on any atom is 0.243 e. The Morgan fingerprint density at radius 1 is 1.16 bits per heavy atom. The van der Waals surface area contributed by atoms with Gasteiger partial charge in [-0.3, -0.25) is 9.78 Å². The van der Waals surface area contributed by atoms with Crippen molar-refractivity contribution in [2.45, 2.75) is 58.0 Å². The topological polar surface area (TPSA) is 97.2 Å². The number of hydrogen-bond acceptors (Lipinski definition) is 5. The van der Waals surface area contributed by atoms with Gasteiger partial charge in [0.05, 0.1) is 15.9 Å². The number of fused-ring (bicyclic) bond motifs is 1. The van der Waals surface area contributed by atoms with E-state index in [0.29, 0.717) is 38.0 Å². The highest BCUT2D eigenvalue weighted by Crippen LogP contribution is 2.24. The van der Waals surface area contributed by atoms with E-state index >= 15 is 0 Å². The average molecular weight is 458 g/mol. The number of aryl methyl sites for hydroxylation is 2. The van der Waals surface area contributed by atoms with Gasteiger partial charge in [0.25, 0.3) is 0 Å². The van der Waals surface area contributed by atoms with Gasteiger partial charge in [0, 0.05) is 51.4 Å². The third-order valence-corrected chi connectivity index (χ3v) is 7.42. The zero-order valence-corrected chi connectivity index (χ0v) is 19.7. The zero-order chi connectivity index (χ0) is 23.1. The number of imidazole rings is 1. The molecular weight excluding hydrogens is 426 g/mol. The number of pyridine rings is 1. The SMILES string of the molecule is CCCn1c(CCC(=O)NCc2cccnc2)nc2cc(S(=O)(=O)N(CC)CC)ccc21. The number of carbonyl (C=O) groups is 1. The van der Waals surface area contributed by atoms with Crippen LogP contribution in [0.4, 0.5) is 0 Å². The van der Waals surface area contributed by atoms with Crippen LogP contribution in [0.25, 0.3) is 11.0 Å². The van der Waals surface area contributed by atoms with Gasteiger partial charge in [-0.25, -0.2) is 13.4 Å². The molecule has 2 heterocycles. The molecule has 0 unspecified atom stereocenters. The van der Waals surface area contributed by atoms with Crippen molar-refractivity contribution in [3.05, 3.63) is 54.1 Å². The fourth-order valence-electron chi connectivity index (χ4n) is 3.71. The minimum absolute atomic E-state index is 0.0613. The monoisotopic (exact) mass is 457 g/mol. The Hall–Kier alpha value is -2.78. The van der Waals surface area contributed by atoms with Gasteiger partial charge in [0.15, 0.2) is 0 Å². The van der Waals surface area contributed by atoms with Crippen LogP contribution < -0.4 is 5.32 Å². The number of carbonyl (C=O) groups excluding carboxylic acids is 1. The second-order valence-electron chi connectivity index (χ2n) is 7.56. The third kappa shape index (κ3) is 5.34. The Balaban J connectivity index is 1.78. The van der Waals surface area contributed by atoms with Gasteiger partial charge in [0.2, 0.25) is 15.9 Å². The van der Waals surface area contributed by atoms with Crippen LogP contribution in [0.3, 0.4) is 0 Å². The fraction of sp³-hybridized carbons (Fsp3) is 0.435. The number of nitrogens with zero attached hydrogens (tertiary/aromatic N) is 4. The third-order valence-electron chi connectivity index (χ3n) is 5.38. The first kappa shape index (κ1) is 23.9. The van der Waals surface area contributed by atoms with E-state index in [1.807, 2.05) is 32.0 Å². The van der Waals surface area contributed by atoms with E-state index in [0.717, 1.165) is 29.9 Å². The summed E-state index contributed by atoms with van der Waals surface area (Å²) in [5, 5.41) is 2.91. The molecule has 9 heteroatoms. The zero-order valence-electron chi connectivity index (χ0n) is 18.9. The normalized spacial score (nSPS) is 11.9. The van der Waals surface area contributed by atoms with Crippen molar-refractivity contribution in [3.8, 4) is 0 Å². The molecule has 172 valence electrons. The molecule has 0 aliphatic rings. The summed E-state index contributed by atoms with van der Waals surface area (Å²) in [6.45, 7) is 7.76. The van der Waals surface area contributed by atoms with E-state index in [1.54, 1.807) is 24.5 Å². The van der Waals surface area contributed by atoms with Crippen molar-refractivity contribution in [1.82, 2.24) is 24.2 Å². The van der Waals surface area contributed by atoms with Gasteiger partial charge >= 0.3 is 0 Å². The van der Waals surface area contributed by atoms with E-state index in [4.69, 9.17) is 4.98 Å². The highest BCUT2D eigenvalue weighted by Gasteiger charge is 2.23. The Morgan fingerprint density at radius 3 is 2.59 bits per heavy atom. The molecule has 0 saturated carbocycles. The summed E-state index contributed by atoms with van der Waals surface area (Å²) in [5.74, 6) is 0.726. The molecule has 2 aromatic heterocycles. The summed E-state index contributed by atoms with van der Waals surface area (Å²) in [7, 11) is -3.55. The smallest absolute Gasteiger partial charge is 0.243 e. The predicted octanol–water partition coefficient (Wildman–Crippen LogP) is 3.12. The Kier molecular flexibility index (Phi) is 7.98. The first-order chi connectivity index (χ1) is 15.4. The number of hydrogen-bond donors (Lipinski definition) is 1. The van der Waals surface area contributed by atoms with Crippen molar-refractivity contribution in [1.29, 1.82) is 0 Å². The quantitative estimate of drug-likeness (QED) is 0.477. The number of nitrogens with one attached hydrogen (secondary N) is 1. The highest BCUT2D eigenvalue weighted by atomic mass is 32.2. The summed E-state index contributed by atoms with van der Waals surface area (Å²) in [5.41, 5.74) is 2.47. The number of rotatable bonds is 11. The molecule has 0 atom stereocenters. The van der Waals surface area contributed by atoms with Crippen molar-refractivity contribution in [2.24, 2.45) is 0 Å². The summed E-state index contributed by atoms with van der Waals surface area (Å²) in [6.07, 6.45) is 5.11. The van der Waals surface area contributed by atoms with Crippen LogP contribution in [-0.2, 0) is 34.3 Å². The van der Waals surface area contributed by atoms with Gasteiger partial charge in [0.1, 0.15) is 5.82 Å². The molecule has 0 radical (unpaired) electrons. The van der Waals surface area contributed by atoms with Gasteiger partial charge < -0.3 is 9.88 Å². The first-order valence-corrected chi connectivity index (χ1v) is 12.5. The molecule has 1 N–H and O–H groups in total. The van der Waals surface area contributed by atoms with Gasteiger partial charge in [-0.15, -0.1) is 0 Å². The van der Waals surface area contributed by atoms with Crippen molar-refractivity contribution >= 4 is 27.0 Å². The van der Waals surface area contributed by atoms with E-state index < -0.39 is 10.0 Å². The molecule has 32 heavy (non-hydrogen) atoms. The lowest BCUT2D eigenvalue weighted by atomic mass is 10.2. The summed E-state index contributed by atoms with van der Waals surface area (Å²) >= 11 is 0. The lowest BCUT2D eigenvalue weighted by Crippen LogP contribution is -2.30. The van der Waals surface area contributed by atoms with Crippen molar-refractivity contribution in [2.75, 3.05) is 13.1 Å². The first-order valence-electron chi connectivity index (χ1n) is 11.1. The standard InChI is InChI=1S/C23H31N5O3S/c1-4-14-28-21-10-9-19(32(30,31)27(5-2)6-3)15-20(21)26-22(28)11-12-23(29)25-17-18-8-7-13-24-16-18/h7-10,13,15-16H,4-6,11-12,14,17H2,1-3H3,(H,25,29). The minimum atomic E-state index is -3.55. The Morgan fingerprint density at radius 2 is 1.94 bits per heavy atom. The van der Waals surface area contributed by atoms with Gasteiger partial charge in [-0.2, -0.15) is 4.31 Å². The minimum Gasteiger partial charge on any atom is -0.352 e. The Labute approximate surface area is 189 Å². The maximum absolute atomic E-state index is 12.9. The van der Waals surface area contributed by atoms with E-state index in [2.05, 4.69) is 21.8 Å². The fourth-order valence-corrected chi connectivity index (χ4v) is 5.19. The Bertz CT molecular complexity index is 1160. The molecule has 0 fully saturated rings.